The van der Waals surface area contributed by atoms with Crippen LogP contribution in [0.15, 0.2) is 43.0 Å². The summed E-state index contributed by atoms with van der Waals surface area (Å²) in [4.78, 5) is 16.1. The molecule has 2 atom stereocenters. The minimum atomic E-state index is -0.299. The Morgan fingerprint density at radius 3 is 2.74 bits per heavy atom. The van der Waals surface area contributed by atoms with Crippen LogP contribution < -0.4 is 5.32 Å². The largest absolute Gasteiger partial charge is 0.348 e. The topological polar surface area (TPSA) is 46.9 Å². The third-order valence-corrected chi connectivity index (χ3v) is 3.43. The maximum atomic E-state index is 12.1. The van der Waals surface area contributed by atoms with Crippen molar-refractivity contribution >= 4 is 17.5 Å². The van der Waals surface area contributed by atoms with Gasteiger partial charge in [0.15, 0.2) is 0 Å². The predicted octanol–water partition coefficient (Wildman–Crippen LogP) is 2.97. The fraction of sp³-hybridized carbons (Fsp3) is 0.286. The molecule has 4 nitrogen and oxygen atoms in total. The molecule has 5 heteroatoms. The molecule has 0 aliphatic heterocycles. The number of aromatic nitrogens is 2. The fourth-order valence-electron chi connectivity index (χ4n) is 1.87. The van der Waals surface area contributed by atoms with E-state index in [1.807, 2.05) is 38.1 Å². The number of benzene rings is 1. The Kier molecular flexibility index (Phi) is 4.22. The van der Waals surface area contributed by atoms with Crippen LogP contribution in [-0.4, -0.2) is 15.5 Å². The van der Waals surface area contributed by atoms with Gasteiger partial charge >= 0.3 is 0 Å². The minimum absolute atomic E-state index is 0.0644. The summed E-state index contributed by atoms with van der Waals surface area (Å²) in [6.07, 6.45) is 5.05. The van der Waals surface area contributed by atoms with Crippen molar-refractivity contribution in [1.29, 1.82) is 0 Å². The average Bonchev–Trinajstić information content (AvgIpc) is 2.92. The molecular weight excluding hydrogens is 262 g/mol. The van der Waals surface area contributed by atoms with E-state index in [9.17, 15) is 4.79 Å². The summed E-state index contributed by atoms with van der Waals surface area (Å²) in [7, 11) is 0. The third kappa shape index (κ3) is 3.15. The highest BCUT2D eigenvalue weighted by Gasteiger charge is 2.18. The van der Waals surface area contributed by atoms with Crippen LogP contribution in [0.1, 0.15) is 31.5 Å². The van der Waals surface area contributed by atoms with Gasteiger partial charge in [0.2, 0.25) is 5.91 Å². The van der Waals surface area contributed by atoms with Crippen LogP contribution in [0.2, 0.25) is 5.02 Å². The molecule has 0 saturated heterocycles. The number of halogens is 1. The van der Waals surface area contributed by atoms with Crippen molar-refractivity contribution in [2.24, 2.45) is 0 Å². The summed E-state index contributed by atoms with van der Waals surface area (Å²) in [5.74, 6) is -0.0644. The molecule has 1 N–H and O–H groups in total. The molecule has 2 rings (SSSR count). The number of amides is 1. The maximum Gasteiger partial charge on any atom is 0.243 e. The van der Waals surface area contributed by atoms with Crippen LogP contribution in [0.5, 0.6) is 0 Å². The Bertz CT molecular complexity index is 554. The van der Waals surface area contributed by atoms with E-state index in [0.29, 0.717) is 5.02 Å². The molecule has 0 aliphatic rings. The average molecular weight is 278 g/mol. The molecule has 0 bridgehead atoms. The summed E-state index contributed by atoms with van der Waals surface area (Å²) < 4.78 is 1.76. The van der Waals surface area contributed by atoms with Gasteiger partial charge in [-0.25, -0.2) is 4.98 Å². The summed E-state index contributed by atoms with van der Waals surface area (Å²) in [6.45, 7) is 3.75. The molecule has 19 heavy (non-hydrogen) atoms. The van der Waals surface area contributed by atoms with E-state index in [1.54, 1.807) is 23.3 Å². The summed E-state index contributed by atoms with van der Waals surface area (Å²) in [5, 5.41) is 3.61. The van der Waals surface area contributed by atoms with Crippen molar-refractivity contribution in [1.82, 2.24) is 14.9 Å². The maximum absolute atomic E-state index is 12.1. The van der Waals surface area contributed by atoms with E-state index >= 15 is 0 Å². The highest BCUT2D eigenvalue weighted by Crippen LogP contribution is 2.22. The lowest BCUT2D eigenvalue weighted by Crippen LogP contribution is -2.32. The fourth-order valence-corrected chi connectivity index (χ4v) is 2.17. The molecule has 1 amide bonds. The number of rotatable bonds is 4. The normalized spacial score (nSPS) is 13.8. The number of carbonyl (C=O) groups excluding carboxylic acids is 1. The molecule has 0 aliphatic carbocycles. The Morgan fingerprint density at radius 2 is 2.11 bits per heavy atom. The number of carbonyl (C=O) groups is 1. The second kappa shape index (κ2) is 5.89. The van der Waals surface area contributed by atoms with Crippen LogP contribution in [0, 0.1) is 0 Å². The molecule has 1 aromatic heterocycles. The second-order valence-electron chi connectivity index (χ2n) is 4.44. The molecule has 2 aromatic rings. The first kappa shape index (κ1) is 13.6. The first-order chi connectivity index (χ1) is 9.09. The Hall–Kier alpha value is -1.81. The van der Waals surface area contributed by atoms with Gasteiger partial charge in [0.1, 0.15) is 6.04 Å². The first-order valence-corrected chi connectivity index (χ1v) is 6.49. The van der Waals surface area contributed by atoms with Crippen molar-refractivity contribution in [2.75, 3.05) is 0 Å². The SMILES string of the molecule is C[C@H](C(=O)N[C@H](C)c1ccccc1Cl)n1ccnc1. The van der Waals surface area contributed by atoms with E-state index in [1.165, 1.54) is 0 Å². The number of hydrogen-bond acceptors (Lipinski definition) is 2. The van der Waals surface area contributed by atoms with Crippen LogP contribution in [0.3, 0.4) is 0 Å². The van der Waals surface area contributed by atoms with Crippen molar-refractivity contribution in [2.45, 2.75) is 25.9 Å². The quantitative estimate of drug-likeness (QED) is 0.934. The molecule has 1 heterocycles. The summed E-state index contributed by atoms with van der Waals surface area (Å²) in [6, 6.07) is 7.07. The summed E-state index contributed by atoms with van der Waals surface area (Å²) >= 11 is 6.12. The van der Waals surface area contributed by atoms with E-state index in [2.05, 4.69) is 10.3 Å². The molecule has 0 unspecified atom stereocenters. The lowest BCUT2D eigenvalue weighted by atomic mass is 10.1. The van der Waals surface area contributed by atoms with Gasteiger partial charge < -0.3 is 9.88 Å². The molecule has 0 saturated carbocycles. The molecule has 100 valence electrons. The Morgan fingerprint density at radius 1 is 1.37 bits per heavy atom. The predicted molar refractivity (Wildman–Crippen MR) is 74.9 cm³/mol. The second-order valence-corrected chi connectivity index (χ2v) is 4.84. The zero-order valence-corrected chi connectivity index (χ0v) is 11.6. The summed E-state index contributed by atoms with van der Waals surface area (Å²) in [5.41, 5.74) is 0.912. The van der Waals surface area contributed by atoms with Crippen molar-refractivity contribution in [3.8, 4) is 0 Å². The number of hydrogen-bond donors (Lipinski definition) is 1. The van der Waals surface area contributed by atoms with Gasteiger partial charge in [-0.3, -0.25) is 4.79 Å². The molecule has 0 fully saturated rings. The van der Waals surface area contributed by atoms with Crippen LogP contribution in [-0.2, 0) is 4.79 Å². The molecule has 1 aromatic carbocycles. The Labute approximate surface area is 117 Å². The van der Waals surface area contributed by atoms with E-state index in [4.69, 9.17) is 11.6 Å². The van der Waals surface area contributed by atoms with Gasteiger partial charge in [-0.1, -0.05) is 29.8 Å². The standard InChI is InChI=1S/C14H16ClN3O/c1-10(12-5-3-4-6-13(12)15)17-14(19)11(2)18-8-7-16-9-18/h3-11H,1-2H3,(H,17,19)/t10-,11-/m1/s1. The molecule has 0 spiro atoms. The van der Waals surface area contributed by atoms with Crippen molar-refractivity contribution < 1.29 is 4.79 Å². The number of nitrogens with zero attached hydrogens (tertiary/aromatic N) is 2. The Balaban J connectivity index is 2.05. The zero-order chi connectivity index (χ0) is 13.8. The van der Waals surface area contributed by atoms with E-state index in [-0.39, 0.29) is 18.0 Å². The van der Waals surface area contributed by atoms with Gasteiger partial charge in [-0.15, -0.1) is 0 Å². The van der Waals surface area contributed by atoms with E-state index < -0.39 is 0 Å². The zero-order valence-electron chi connectivity index (χ0n) is 10.9. The first-order valence-electron chi connectivity index (χ1n) is 6.12. The smallest absolute Gasteiger partial charge is 0.243 e. The molecule has 0 radical (unpaired) electrons. The lowest BCUT2D eigenvalue weighted by molar-refractivity contribution is -0.124. The van der Waals surface area contributed by atoms with E-state index in [0.717, 1.165) is 5.56 Å². The molecular formula is C14H16ClN3O. The van der Waals surface area contributed by atoms with Gasteiger partial charge in [0.05, 0.1) is 12.4 Å². The third-order valence-electron chi connectivity index (χ3n) is 3.08. The van der Waals surface area contributed by atoms with Gasteiger partial charge in [0, 0.05) is 17.4 Å². The van der Waals surface area contributed by atoms with Crippen LogP contribution in [0.25, 0.3) is 0 Å². The van der Waals surface area contributed by atoms with Crippen LogP contribution >= 0.6 is 11.6 Å². The van der Waals surface area contributed by atoms with Gasteiger partial charge in [0.25, 0.3) is 0 Å². The number of nitrogens with one attached hydrogen (secondary N) is 1. The number of imidazole rings is 1. The highest BCUT2D eigenvalue weighted by atomic mass is 35.5. The van der Waals surface area contributed by atoms with Gasteiger partial charge in [-0.2, -0.15) is 0 Å². The lowest BCUT2D eigenvalue weighted by Gasteiger charge is -2.19. The highest BCUT2D eigenvalue weighted by molar-refractivity contribution is 6.31. The minimum Gasteiger partial charge on any atom is -0.348 e. The van der Waals surface area contributed by atoms with Crippen LogP contribution in [0.4, 0.5) is 0 Å². The van der Waals surface area contributed by atoms with Gasteiger partial charge in [-0.05, 0) is 25.5 Å². The van der Waals surface area contributed by atoms with Crippen molar-refractivity contribution in [3.05, 3.63) is 53.6 Å². The monoisotopic (exact) mass is 277 g/mol. The van der Waals surface area contributed by atoms with Crippen molar-refractivity contribution in [3.63, 3.8) is 0 Å².